The van der Waals surface area contributed by atoms with Gasteiger partial charge in [-0.3, -0.25) is 4.90 Å². The minimum atomic E-state index is -1.82. The van der Waals surface area contributed by atoms with Crippen LogP contribution >= 0.6 is 0 Å². The lowest BCUT2D eigenvalue weighted by atomic mass is 9.80. The molecule has 28 heavy (non-hydrogen) atoms. The number of hydrogen-bond acceptors (Lipinski definition) is 5. The second-order valence-corrected chi connectivity index (χ2v) is 8.20. The molecule has 8 nitrogen and oxygen atoms in total. The minimum Gasteiger partial charge on any atom is -0.473 e. The molecule has 0 aromatic heterocycles. The molecule has 154 valence electrons. The summed E-state index contributed by atoms with van der Waals surface area (Å²) in [5.74, 6) is -2.26. The van der Waals surface area contributed by atoms with E-state index in [-0.39, 0.29) is 6.09 Å². The third-order valence-electron chi connectivity index (χ3n) is 4.65. The second kappa shape index (κ2) is 9.05. The molecule has 0 atom stereocenters. The topological polar surface area (TPSA) is 107 Å². The fraction of sp³-hybridized carbons (Fsp3) is 0.550. The number of ether oxygens (including phenoxy) is 1. The molecule has 3 rings (SSSR count). The molecule has 0 bridgehead atoms. The average Bonchev–Trinajstić information content (AvgIpc) is 2.50. The summed E-state index contributed by atoms with van der Waals surface area (Å²) in [6.45, 7) is 10.8. The van der Waals surface area contributed by atoms with Gasteiger partial charge in [-0.25, -0.2) is 14.4 Å². The van der Waals surface area contributed by atoms with Gasteiger partial charge in [0.1, 0.15) is 5.60 Å². The molecule has 2 N–H and O–H groups in total. The molecule has 0 radical (unpaired) electrons. The first-order valence-electron chi connectivity index (χ1n) is 9.25. The van der Waals surface area contributed by atoms with Crippen LogP contribution in [0.4, 0.5) is 4.79 Å². The summed E-state index contributed by atoms with van der Waals surface area (Å²) in [6, 6.07) is 10.6. The third kappa shape index (κ3) is 6.53. The van der Waals surface area contributed by atoms with Crippen molar-refractivity contribution in [2.24, 2.45) is 11.8 Å². The van der Waals surface area contributed by atoms with Crippen molar-refractivity contribution in [2.45, 2.75) is 32.9 Å². The fourth-order valence-electron chi connectivity index (χ4n) is 3.17. The van der Waals surface area contributed by atoms with Gasteiger partial charge in [-0.2, -0.15) is 0 Å². The summed E-state index contributed by atoms with van der Waals surface area (Å²) in [5.41, 5.74) is 0.982. The van der Waals surface area contributed by atoms with Gasteiger partial charge in [0.25, 0.3) is 0 Å². The lowest BCUT2D eigenvalue weighted by Crippen LogP contribution is -2.60. The Kier molecular flexibility index (Phi) is 7.01. The molecule has 0 saturated carbocycles. The molecular weight excluding hydrogens is 364 g/mol. The van der Waals surface area contributed by atoms with E-state index in [1.165, 1.54) is 5.56 Å². The highest BCUT2D eigenvalue weighted by molar-refractivity contribution is 6.27. The molecule has 2 heterocycles. The Morgan fingerprint density at radius 2 is 1.46 bits per heavy atom. The Hall–Kier alpha value is -2.61. The van der Waals surface area contributed by atoms with Crippen LogP contribution in [0.5, 0.6) is 0 Å². The van der Waals surface area contributed by atoms with Gasteiger partial charge >= 0.3 is 18.0 Å². The zero-order valence-corrected chi connectivity index (χ0v) is 16.5. The number of likely N-dealkylation sites (tertiary alicyclic amines) is 2. The fourth-order valence-corrected chi connectivity index (χ4v) is 3.17. The van der Waals surface area contributed by atoms with Crippen LogP contribution in [0.1, 0.15) is 26.3 Å². The van der Waals surface area contributed by atoms with Crippen LogP contribution in [-0.2, 0) is 20.9 Å². The standard InChI is InChI=1S/C18H26N2O2.C2H2O4/c1-18(2,3)22-17(21)20-12-16(13-20)15-10-19(11-15)9-14-7-5-4-6-8-14;3-1(4)2(5)6/h4-8,15-16H,9-13H2,1-3H3;(H,3,4)(H,5,6). The number of carboxylic acid groups (broad SMARTS) is 2. The van der Waals surface area contributed by atoms with Crippen molar-refractivity contribution in [1.82, 2.24) is 9.80 Å². The lowest BCUT2D eigenvalue weighted by Gasteiger charge is -2.50. The number of nitrogens with zero attached hydrogens (tertiary/aromatic N) is 2. The normalized spacial score (nSPS) is 17.6. The van der Waals surface area contributed by atoms with E-state index in [1.54, 1.807) is 0 Å². The SMILES string of the molecule is CC(C)(C)OC(=O)N1CC(C2CN(Cc3ccccc3)C2)C1.O=C(O)C(=O)O. The lowest BCUT2D eigenvalue weighted by molar-refractivity contribution is -0.159. The quantitative estimate of drug-likeness (QED) is 0.759. The number of carbonyl (C=O) groups excluding carboxylic acids is 1. The Bertz CT molecular complexity index is 676. The van der Waals surface area contributed by atoms with Gasteiger partial charge in [0.15, 0.2) is 0 Å². The highest BCUT2D eigenvalue weighted by Gasteiger charge is 2.42. The Morgan fingerprint density at radius 1 is 0.964 bits per heavy atom. The summed E-state index contributed by atoms with van der Waals surface area (Å²) < 4.78 is 5.40. The van der Waals surface area contributed by atoms with E-state index in [9.17, 15) is 4.79 Å². The summed E-state index contributed by atoms with van der Waals surface area (Å²) in [7, 11) is 0. The molecule has 2 fully saturated rings. The van der Waals surface area contributed by atoms with E-state index in [0.717, 1.165) is 38.6 Å². The van der Waals surface area contributed by atoms with Crippen LogP contribution < -0.4 is 0 Å². The first-order chi connectivity index (χ1) is 13.0. The maximum absolute atomic E-state index is 11.9. The minimum absolute atomic E-state index is 0.163. The van der Waals surface area contributed by atoms with Gasteiger partial charge in [0, 0.05) is 32.7 Å². The maximum Gasteiger partial charge on any atom is 0.414 e. The van der Waals surface area contributed by atoms with Gasteiger partial charge in [0.05, 0.1) is 0 Å². The largest absolute Gasteiger partial charge is 0.473 e. The van der Waals surface area contributed by atoms with Crippen molar-refractivity contribution >= 4 is 18.0 Å². The van der Waals surface area contributed by atoms with Gasteiger partial charge in [-0.15, -0.1) is 0 Å². The predicted molar refractivity (Wildman–Crippen MR) is 102 cm³/mol. The Labute approximate surface area is 164 Å². The first-order valence-corrected chi connectivity index (χ1v) is 9.25. The molecule has 1 aromatic carbocycles. The summed E-state index contributed by atoms with van der Waals surface area (Å²) in [5, 5.41) is 14.8. The van der Waals surface area contributed by atoms with Crippen molar-refractivity contribution in [3.63, 3.8) is 0 Å². The highest BCUT2D eigenvalue weighted by Crippen LogP contribution is 2.32. The highest BCUT2D eigenvalue weighted by atomic mass is 16.6. The van der Waals surface area contributed by atoms with Crippen LogP contribution in [-0.4, -0.2) is 69.8 Å². The number of carbonyl (C=O) groups is 3. The van der Waals surface area contributed by atoms with Crippen molar-refractivity contribution < 1.29 is 29.3 Å². The van der Waals surface area contributed by atoms with Crippen LogP contribution in [0.25, 0.3) is 0 Å². The number of carboxylic acids is 2. The van der Waals surface area contributed by atoms with E-state index in [1.807, 2.05) is 25.7 Å². The summed E-state index contributed by atoms with van der Waals surface area (Å²) in [4.78, 5) is 34.4. The maximum atomic E-state index is 11.9. The Balaban J connectivity index is 0.000000409. The summed E-state index contributed by atoms with van der Waals surface area (Å²) in [6.07, 6.45) is -0.163. The van der Waals surface area contributed by atoms with Gasteiger partial charge in [-0.05, 0) is 38.2 Å². The van der Waals surface area contributed by atoms with Crippen LogP contribution in [0.3, 0.4) is 0 Å². The van der Waals surface area contributed by atoms with Crippen LogP contribution in [0, 0.1) is 11.8 Å². The van der Waals surface area contributed by atoms with Crippen molar-refractivity contribution in [1.29, 1.82) is 0 Å². The van der Waals surface area contributed by atoms with E-state index in [0.29, 0.717) is 5.92 Å². The molecule has 0 spiro atoms. The number of rotatable bonds is 3. The van der Waals surface area contributed by atoms with Crippen molar-refractivity contribution in [2.75, 3.05) is 26.2 Å². The van der Waals surface area contributed by atoms with E-state index in [4.69, 9.17) is 24.5 Å². The van der Waals surface area contributed by atoms with Crippen molar-refractivity contribution in [3.8, 4) is 0 Å². The molecule has 8 heteroatoms. The molecule has 0 unspecified atom stereocenters. The average molecular weight is 392 g/mol. The molecule has 1 aromatic rings. The molecule has 2 saturated heterocycles. The van der Waals surface area contributed by atoms with Gasteiger partial charge < -0.3 is 19.8 Å². The molecule has 1 amide bonds. The van der Waals surface area contributed by atoms with Gasteiger partial charge in [0.2, 0.25) is 0 Å². The molecule has 2 aliphatic rings. The Morgan fingerprint density at radius 3 is 1.93 bits per heavy atom. The molecule has 2 aliphatic heterocycles. The number of hydrogen-bond donors (Lipinski definition) is 2. The van der Waals surface area contributed by atoms with Crippen molar-refractivity contribution in [3.05, 3.63) is 35.9 Å². The molecular formula is C20H28N2O6. The van der Waals surface area contributed by atoms with Crippen LogP contribution in [0.2, 0.25) is 0 Å². The molecule has 0 aliphatic carbocycles. The van der Waals surface area contributed by atoms with E-state index in [2.05, 4.69) is 35.2 Å². The van der Waals surface area contributed by atoms with E-state index >= 15 is 0 Å². The zero-order valence-electron chi connectivity index (χ0n) is 16.5. The third-order valence-corrected chi connectivity index (χ3v) is 4.65. The first kappa shape index (κ1) is 21.7. The number of benzene rings is 1. The number of amides is 1. The second-order valence-electron chi connectivity index (χ2n) is 8.20. The summed E-state index contributed by atoms with van der Waals surface area (Å²) >= 11 is 0. The monoisotopic (exact) mass is 392 g/mol. The predicted octanol–water partition coefficient (Wildman–Crippen LogP) is 2.14. The zero-order chi connectivity index (χ0) is 20.9. The van der Waals surface area contributed by atoms with Crippen LogP contribution in [0.15, 0.2) is 30.3 Å². The van der Waals surface area contributed by atoms with E-state index < -0.39 is 17.5 Å². The van der Waals surface area contributed by atoms with Gasteiger partial charge in [-0.1, -0.05) is 30.3 Å². The number of aliphatic carboxylic acids is 2. The smallest absolute Gasteiger partial charge is 0.414 e.